The fourth-order valence-electron chi connectivity index (χ4n) is 2.81. The van der Waals surface area contributed by atoms with Crippen LogP contribution < -0.4 is 11.1 Å². The predicted molar refractivity (Wildman–Crippen MR) is 79.8 cm³/mol. The number of anilines is 2. The molecule has 3 N–H and O–H groups in total. The lowest BCUT2D eigenvalue weighted by Gasteiger charge is -2.26. The summed E-state index contributed by atoms with van der Waals surface area (Å²) < 4.78 is 0. The molecule has 102 valence electrons. The molecule has 0 amide bonds. The molecule has 0 saturated heterocycles. The van der Waals surface area contributed by atoms with Crippen molar-refractivity contribution >= 4 is 11.4 Å². The lowest BCUT2D eigenvalue weighted by Crippen LogP contribution is -2.16. The van der Waals surface area contributed by atoms with Gasteiger partial charge < -0.3 is 11.1 Å². The third-order valence-electron chi connectivity index (χ3n) is 4.19. The largest absolute Gasteiger partial charge is 0.397 e. The van der Waals surface area contributed by atoms with E-state index in [4.69, 9.17) is 11.0 Å². The molecule has 0 aliphatic heterocycles. The van der Waals surface area contributed by atoms with Crippen LogP contribution in [0.15, 0.2) is 18.2 Å². The molecule has 0 radical (unpaired) electrons. The average molecular weight is 257 g/mol. The van der Waals surface area contributed by atoms with Gasteiger partial charge in [-0.1, -0.05) is 32.6 Å². The summed E-state index contributed by atoms with van der Waals surface area (Å²) in [4.78, 5) is 0. The molecule has 2 rings (SSSR count). The molecule has 3 nitrogen and oxygen atoms in total. The van der Waals surface area contributed by atoms with Crippen LogP contribution in [0.4, 0.5) is 11.4 Å². The lowest BCUT2D eigenvalue weighted by atomic mass is 9.81. The van der Waals surface area contributed by atoms with E-state index in [1.165, 1.54) is 32.1 Å². The van der Waals surface area contributed by atoms with Crippen molar-refractivity contribution in [2.24, 2.45) is 11.8 Å². The van der Waals surface area contributed by atoms with E-state index in [-0.39, 0.29) is 0 Å². The summed E-state index contributed by atoms with van der Waals surface area (Å²) in [6.45, 7) is 3.29. The van der Waals surface area contributed by atoms with Crippen LogP contribution in [-0.2, 0) is 0 Å². The second kappa shape index (κ2) is 6.47. The van der Waals surface area contributed by atoms with E-state index in [1.54, 1.807) is 12.1 Å². The Kier molecular flexibility index (Phi) is 4.68. The molecule has 19 heavy (non-hydrogen) atoms. The van der Waals surface area contributed by atoms with Crippen LogP contribution in [0.25, 0.3) is 0 Å². The highest BCUT2D eigenvalue weighted by Crippen LogP contribution is 2.30. The number of nitrogen functional groups attached to an aromatic ring is 1. The van der Waals surface area contributed by atoms with Crippen molar-refractivity contribution in [1.82, 2.24) is 0 Å². The minimum Gasteiger partial charge on any atom is -0.397 e. The molecular weight excluding hydrogens is 234 g/mol. The van der Waals surface area contributed by atoms with E-state index in [1.807, 2.05) is 6.07 Å². The van der Waals surface area contributed by atoms with E-state index in [2.05, 4.69) is 18.3 Å². The molecule has 0 aromatic heterocycles. The Morgan fingerprint density at radius 2 is 2.05 bits per heavy atom. The number of nitriles is 1. The van der Waals surface area contributed by atoms with Crippen LogP contribution in [-0.4, -0.2) is 6.54 Å². The molecule has 1 fully saturated rings. The summed E-state index contributed by atoms with van der Waals surface area (Å²) in [6, 6.07) is 7.52. The van der Waals surface area contributed by atoms with Crippen molar-refractivity contribution in [2.75, 3.05) is 17.6 Å². The van der Waals surface area contributed by atoms with Crippen molar-refractivity contribution in [3.63, 3.8) is 0 Å². The van der Waals surface area contributed by atoms with Gasteiger partial charge in [0.05, 0.1) is 23.0 Å². The van der Waals surface area contributed by atoms with Crippen molar-refractivity contribution in [3.05, 3.63) is 23.8 Å². The van der Waals surface area contributed by atoms with Gasteiger partial charge in [-0.25, -0.2) is 0 Å². The molecule has 3 heteroatoms. The minimum atomic E-state index is 0.656. The van der Waals surface area contributed by atoms with Crippen LogP contribution in [0, 0.1) is 23.2 Å². The zero-order valence-electron chi connectivity index (χ0n) is 11.7. The maximum atomic E-state index is 8.89. The Bertz CT molecular complexity index is 454. The first-order chi connectivity index (χ1) is 9.19. The third kappa shape index (κ3) is 3.89. The summed E-state index contributed by atoms with van der Waals surface area (Å²) in [5.74, 6) is 1.76. The summed E-state index contributed by atoms with van der Waals surface area (Å²) in [6.07, 6.45) is 6.66. The lowest BCUT2D eigenvalue weighted by molar-refractivity contribution is 0.282. The fourth-order valence-corrected chi connectivity index (χ4v) is 2.81. The van der Waals surface area contributed by atoms with Gasteiger partial charge in [0.25, 0.3) is 0 Å². The van der Waals surface area contributed by atoms with Gasteiger partial charge in [-0.05, 0) is 36.5 Å². The van der Waals surface area contributed by atoms with Crippen LogP contribution in [0.3, 0.4) is 0 Å². The first kappa shape index (κ1) is 13.7. The predicted octanol–water partition coefficient (Wildman–Crippen LogP) is 3.77. The highest BCUT2D eigenvalue weighted by atomic mass is 14.9. The number of hydrogen-bond donors (Lipinski definition) is 2. The Balaban J connectivity index is 1.81. The van der Waals surface area contributed by atoms with Gasteiger partial charge in [0, 0.05) is 6.54 Å². The van der Waals surface area contributed by atoms with Crippen LogP contribution in [0.2, 0.25) is 0 Å². The van der Waals surface area contributed by atoms with Crippen molar-refractivity contribution < 1.29 is 0 Å². The van der Waals surface area contributed by atoms with Crippen LogP contribution in [0.1, 0.15) is 44.6 Å². The molecule has 1 aliphatic carbocycles. The quantitative estimate of drug-likeness (QED) is 0.807. The van der Waals surface area contributed by atoms with Gasteiger partial charge in [0.1, 0.15) is 0 Å². The van der Waals surface area contributed by atoms with Crippen LogP contribution >= 0.6 is 0 Å². The van der Waals surface area contributed by atoms with Gasteiger partial charge in [0.2, 0.25) is 0 Å². The van der Waals surface area contributed by atoms with Gasteiger partial charge in [-0.15, -0.1) is 0 Å². The minimum absolute atomic E-state index is 0.656. The molecule has 0 bridgehead atoms. The molecule has 0 heterocycles. The molecule has 1 aliphatic rings. The maximum Gasteiger partial charge on any atom is 0.0992 e. The van der Waals surface area contributed by atoms with Crippen molar-refractivity contribution in [2.45, 2.75) is 39.0 Å². The highest BCUT2D eigenvalue weighted by Gasteiger charge is 2.17. The summed E-state index contributed by atoms with van der Waals surface area (Å²) in [5, 5.41) is 12.3. The normalized spacial score (nSPS) is 22.7. The second-order valence-electron chi connectivity index (χ2n) is 5.76. The maximum absolute atomic E-state index is 8.89. The fraction of sp³-hybridized carbons (Fsp3) is 0.562. The van der Waals surface area contributed by atoms with Crippen LogP contribution in [0.5, 0.6) is 0 Å². The SMILES string of the molecule is CC1CCC(CCNc2cc(C#N)ccc2N)CC1. The smallest absolute Gasteiger partial charge is 0.0992 e. The molecule has 0 unspecified atom stereocenters. The summed E-state index contributed by atoms with van der Waals surface area (Å²) in [7, 11) is 0. The number of nitrogens with one attached hydrogen (secondary N) is 1. The Labute approximate surface area is 115 Å². The molecule has 0 spiro atoms. The van der Waals surface area contributed by atoms with Crippen molar-refractivity contribution in [3.8, 4) is 6.07 Å². The highest BCUT2D eigenvalue weighted by molar-refractivity contribution is 5.68. The molecule has 1 aromatic rings. The Morgan fingerprint density at radius 1 is 1.32 bits per heavy atom. The zero-order chi connectivity index (χ0) is 13.7. The molecular formula is C16H23N3. The second-order valence-corrected chi connectivity index (χ2v) is 5.76. The van der Waals surface area contributed by atoms with E-state index < -0.39 is 0 Å². The number of nitrogens with zero attached hydrogens (tertiary/aromatic N) is 1. The third-order valence-corrected chi connectivity index (χ3v) is 4.19. The first-order valence-electron chi connectivity index (χ1n) is 7.22. The van der Waals surface area contributed by atoms with E-state index >= 15 is 0 Å². The molecule has 1 saturated carbocycles. The van der Waals surface area contributed by atoms with E-state index in [0.29, 0.717) is 5.56 Å². The van der Waals surface area contributed by atoms with Gasteiger partial charge in [0.15, 0.2) is 0 Å². The Morgan fingerprint density at radius 3 is 2.74 bits per heavy atom. The van der Waals surface area contributed by atoms with Gasteiger partial charge in [-0.2, -0.15) is 5.26 Å². The van der Waals surface area contributed by atoms with Gasteiger partial charge >= 0.3 is 0 Å². The number of benzene rings is 1. The zero-order valence-corrected chi connectivity index (χ0v) is 11.7. The monoisotopic (exact) mass is 257 g/mol. The summed E-state index contributed by atoms with van der Waals surface area (Å²) in [5.41, 5.74) is 8.18. The first-order valence-corrected chi connectivity index (χ1v) is 7.22. The van der Waals surface area contributed by atoms with Gasteiger partial charge in [-0.3, -0.25) is 0 Å². The summed E-state index contributed by atoms with van der Waals surface area (Å²) >= 11 is 0. The number of nitrogens with two attached hydrogens (primary N) is 1. The Hall–Kier alpha value is -1.69. The van der Waals surface area contributed by atoms with E-state index in [9.17, 15) is 0 Å². The van der Waals surface area contributed by atoms with Crippen molar-refractivity contribution in [1.29, 1.82) is 5.26 Å². The number of rotatable bonds is 4. The average Bonchev–Trinajstić information content (AvgIpc) is 2.43. The standard InChI is InChI=1S/C16H23N3/c1-12-2-4-13(5-3-12)8-9-19-16-10-14(11-17)6-7-15(16)18/h6-7,10,12-13,19H,2-5,8-9,18H2,1H3. The molecule has 1 aromatic carbocycles. The molecule has 0 atom stereocenters. The topological polar surface area (TPSA) is 61.8 Å². The van der Waals surface area contributed by atoms with E-state index in [0.717, 1.165) is 29.8 Å². The number of hydrogen-bond acceptors (Lipinski definition) is 3.